The van der Waals surface area contributed by atoms with Crippen LogP contribution in [0.5, 0.6) is 0 Å². The topological polar surface area (TPSA) is 71.0 Å². The van der Waals surface area contributed by atoms with Crippen LogP contribution < -0.4 is 10.5 Å². The minimum Gasteiger partial charge on any atom is -0.369 e. The highest BCUT2D eigenvalue weighted by atomic mass is 35.5. The third-order valence-electron chi connectivity index (χ3n) is 5.75. The lowest BCUT2D eigenvalue weighted by atomic mass is 10.1. The Bertz CT molecular complexity index is 1330. The molecule has 3 aromatic heterocycles. The van der Waals surface area contributed by atoms with Crippen molar-refractivity contribution < 1.29 is 4.79 Å². The minimum atomic E-state index is -0.0783. The smallest absolute Gasteiger partial charge is 0.251 e. The second-order valence-corrected chi connectivity index (χ2v) is 8.27. The van der Waals surface area contributed by atoms with Gasteiger partial charge in [0, 0.05) is 60.4 Å². The summed E-state index contributed by atoms with van der Waals surface area (Å²) < 4.78 is 1.67. The van der Waals surface area contributed by atoms with E-state index in [0.29, 0.717) is 43.3 Å². The number of H-pyrrole nitrogens is 1. The molecule has 156 valence electrons. The van der Waals surface area contributed by atoms with Crippen LogP contribution in [-0.2, 0) is 11.3 Å². The van der Waals surface area contributed by atoms with Gasteiger partial charge in [0.25, 0.3) is 5.56 Å². The Morgan fingerprint density at radius 3 is 2.68 bits per heavy atom. The Morgan fingerprint density at radius 2 is 1.90 bits per heavy atom. The van der Waals surface area contributed by atoms with E-state index in [1.807, 2.05) is 48.9 Å². The van der Waals surface area contributed by atoms with E-state index in [9.17, 15) is 9.59 Å². The molecule has 6 nitrogen and oxygen atoms in total. The quantitative estimate of drug-likeness (QED) is 0.523. The van der Waals surface area contributed by atoms with Crippen LogP contribution in [-0.4, -0.2) is 33.4 Å². The molecule has 0 unspecified atom stereocenters. The van der Waals surface area contributed by atoms with Crippen molar-refractivity contribution in [2.24, 2.45) is 0 Å². The van der Waals surface area contributed by atoms with Crippen LogP contribution >= 0.6 is 11.6 Å². The van der Waals surface area contributed by atoms with Gasteiger partial charge in [-0.1, -0.05) is 23.7 Å². The molecule has 0 saturated carbocycles. The first-order chi connectivity index (χ1) is 15.1. The zero-order chi connectivity index (χ0) is 21.4. The molecule has 7 heteroatoms. The van der Waals surface area contributed by atoms with E-state index in [-0.39, 0.29) is 5.56 Å². The Balaban J connectivity index is 1.46. The number of rotatable bonds is 4. The van der Waals surface area contributed by atoms with Crippen molar-refractivity contribution in [1.82, 2.24) is 14.5 Å². The van der Waals surface area contributed by atoms with Gasteiger partial charge >= 0.3 is 0 Å². The summed E-state index contributed by atoms with van der Waals surface area (Å²) in [6.07, 6.45) is 6.68. The summed E-state index contributed by atoms with van der Waals surface area (Å²) in [6, 6.07) is 13.2. The molecule has 0 aliphatic carbocycles. The number of benzene rings is 1. The third-order valence-corrected chi connectivity index (χ3v) is 5.99. The van der Waals surface area contributed by atoms with Crippen molar-refractivity contribution >= 4 is 34.1 Å². The van der Waals surface area contributed by atoms with Crippen LogP contribution in [0.3, 0.4) is 0 Å². The summed E-state index contributed by atoms with van der Waals surface area (Å²) in [4.78, 5) is 34.3. The molecular weight excluding hydrogens is 412 g/mol. The van der Waals surface area contributed by atoms with Gasteiger partial charge in [-0.2, -0.15) is 0 Å². The fourth-order valence-electron chi connectivity index (χ4n) is 4.06. The SMILES string of the molecule is O=C1CCN(c2cnc3[nH]cc(-c4ccn(Cc5cccc(Cl)c5)c(=O)c4)c3c2)CC1. The summed E-state index contributed by atoms with van der Waals surface area (Å²) in [7, 11) is 0. The number of fused-ring (bicyclic) bond motifs is 1. The van der Waals surface area contributed by atoms with Crippen molar-refractivity contribution in [2.75, 3.05) is 18.0 Å². The Morgan fingerprint density at radius 1 is 1.06 bits per heavy atom. The molecule has 31 heavy (non-hydrogen) atoms. The predicted molar refractivity (Wildman–Crippen MR) is 123 cm³/mol. The summed E-state index contributed by atoms with van der Waals surface area (Å²) in [5, 5.41) is 1.61. The van der Waals surface area contributed by atoms with Crippen molar-refractivity contribution in [3.05, 3.63) is 82.0 Å². The number of anilines is 1. The molecule has 1 aromatic carbocycles. The Hall–Kier alpha value is -3.38. The molecule has 1 saturated heterocycles. The van der Waals surface area contributed by atoms with Crippen molar-refractivity contribution in [3.63, 3.8) is 0 Å². The Kier molecular flexibility index (Phi) is 5.08. The van der Waals surface area contributed by atoms with Crippen LogP contribution in [0.1, 0.15) is 18.4 Å². The largest absolute Gasteiger partial charge is 0.369 e. The molecule has 4 aromatic rings. The van der Waals surface area contributed by atoms with Gasteiger partial charge in [-0.25, -0.2) is 4.98 Å². The van der Waals surface area contributed by atoms with E-state index in [2.05, 4.69) is 20.9 Å². The number of aromatic nitrogens is 3. The zero-order valence-corrected chi connectivity index (χ0v) is 17.6. The van der Waals surface area contributed by atoms with E-state index < -0.39 is 0 Å². The van der Waals surface area contributed by atoms with Crippen LogP contribution in [0.25, 0.3) is 22.2 Å². The molecule has 0 atom stereocenters. The van der Waals surface area contributed by atoms with E-state index in [0.717, 1.165) is 33.4 Å². The zero-order valence-electron chi connectivity index (χ0n) is 16.8. The monoisotopic (exact) mass is 432 g/mol. The van der Waals surface area contributed by atoms with Gasteiger partial charge in [0.2, 0.25) is 0 Å². The van der Waals surface area contributed by atoms with Crippen LogP contribution in [0.15, 0.2) is 65.8 Å². The predicted octanol–water partition coefficient (Wildman–Crippen LogP) is 4.26. The molecule has 4 heterocycles. The molecule has 0 amide bonds. The molecule has 1 N–H and O–H groups in total. The number of piperidine rings is 1. The summed E-state index contributed by atoms with van der Waals surface area (Å²) in [5.74, 6) is 0.311. The van der Waals surface area contributed by atoms with E-state index >= 15 is 0 Å². The van der Waals surface area contributed by atoms with Gasteiger partial charge in [-0.3, -0.25) is 9.59 Å². The molecule has 1 fully saturated rings. The summed E-state index contributed by atoms with van der Waals surface area (Å²) in [5.41, 5.74) is 4.44. The first-order valence-corrected chi connectivity index (χ1v) is 10.6. The van der Waals surface area contributed by atoms with Gasteiger partial charge < -0.3 is 14.5 Å². The maximum atomic E-state index is 12.8. The Labute approximate surface area is 184 Å². The standard InChI is InChI=1S/C24H21ClN4O2/c25-18-3-1-2-16(10-18)15-29-7-4-17(11-23(29)31)22-14-27-24-21(22)12-19(13-26-24)28-8-5-20(30)6-9-28/h1-4,7,10-14H,5-6,8-9,15H2,(H,26,27). The molecule has 0 radical (unpaired) electrons. The lowest BCUT2D eigenvalue weighted by Gasteiger charge is -2.27. The van der Waals surface area contributed by atoms with Crippen molar-refractivity contribution in [1.29, 1.82) is 0 Å². The number of nitrogens with one attached hydrogen (secondary N) is 1. The van der Waals surface area contributed by atoms with Crippen LogP contribution in [0.2, 0.25) is 5.02 Å². The lowest BCUT2D eigenvalue weighted by Crippen LogP contribution is -2.33. The molecule has 5 rings (SSSR count). The van der Waals surface area contributed by atoms with E-state index in [1.54, 1.807) is 10.6 Å². The second-order valence-electron chi connectivity index (χ2n) is 7.83. The average Bonchev–Trinajstić information content (AvgIpc) is 3.19. The average molecular weight is 433 g/mol. The van der Waals surface area contributed by atoms with Crippen molar-refractivity contribution in [2.45, 2.75) is 19.4 Å². The molecule has 1 aliphatic heterocycles. The van der Waals surface area contributed by atoms with Gasteiger partial charge in [0.15, 0.2) is 0 Å². The fraction of sp³-hybridized carbons (Fsp3) is 0.208. The number of hydrogen-bond donors (Lipinski definition) is 1. The maximum Gasteiger partial charge on any atom is 0.251 e. The molecule has 1 aliphatic rings. The number of ketones is 1. The van der Waals surface area contributed by atoms with Gasteiger partial charge in [-0.05, 0) is 35.4 Å². The number of nitrogens with zero attached hydrogens (tertiary/aromatic N) is 3. The van der Waals surface area contributed by atoms with Crippen LogP contribution in [0, 0.1) is 0 Å². The molecular formula is C24H21ClN4O2. The number of aromatic amines is 1. The summed E-state index contributed by atoms with van der Waals surface area (Å²) in [6.45, 7) is 1.89. The van der Waals surface area contributed by atoms with E-state index in [1.165, 1.54) is 0 Å². The number of carbonyl (C=O) groups is 1. The van der Waals surface area contributed by atoms with Gasteiger partial charge in [-0.15, -0.1) is 0 Å². The minimum absolute atomic E-state index is 0.0783. The van der Waals surface area contributed by atoms with E-state index in [4.69, 9.17) is 11.6 Å². The van der Waals surface area contributed by atoms with Crippen LogP contribution in [0.4, 0.5) is 5.69 Å². The van der Waals surface area contributed by atoms with Gasteiger partial charge in [0.1, 0.15) is 11.4 Å². The highest BCUT2D eigenvalue weighted by Crippen LogP contribution is 2.30. The van der Waals surface area contributed by atoms with Gasteiger partial charge in [0.05, 0.1) is 18.4 Å². The first kappa shape index (κ1) is 19.6. The first-order valence-electron chi connectivity index (χ1n) is 10.3. The molecule has 0 spiro atoms. The second kappa shape index (κ2) is 8.04. The van der Waals surface area contributed by atoms with Crippen molar-refractivity contribution in [3.8, 4) is 11.1 Å². The number of hydrogen-bond acceptors (Lipinski definition) is 4. The maximum absolute atomic E-state index is 12.8. The number of pyridine rings is 2. The highest BCUT2D eigenvalue weighted by Gasteiger charge is 2.18. The normalized spacial score (nSPS) is 14.4. The lowest BCUT2D eigenvalue weighted by molar-refractivity contribution is -0.119. The summed E-state index contributed by atoms with van der Waals surface area (Å²) >= 11 is 6.06. The number of carbonyl (C=O) groups excluding carboxylic acids is 1. The molecule has 0 bridgehead atoms. The fourth-order valence-corrected chi connectivity index (χ4v) is 4.27. The highest BCUT2D eigenvalue weighted by molar-refractivity contribution is 6.30. The third kappa shape index (κ3) is 3.99. The number of Topliss-reactive ketones (excluding diaryl/α,β-unsaturated/α-hetero) is 1. The number of halogens is 1.